The highest BCUT2D eigenvalue weighted by molar-refractivity contribution is 7.47. The van der Waals surface area contributed by atoms with Crippen molar-refractivity contribution >= 4 is 7.82 Å². The summed E-state index contributed by atoms with van der Waals surface area (Å²) < 4.78 is 21.7. The Kier molecular flexibility index (Phi) is 25.7. The van der Waals surface area contributed by atoms with Crippen molar-refractivity contribution in [1.29, 1.82) is 0 Å². The Bertz CT molecular complexity index is 409. The molecule has 0 saturated carbocycles. The van der Waals surface area contributed by atoms with Crippen molar-refractivity contribution in [1.82, 2.24) is 5.48 Å². The first-order valence-corrected chi connectivity index (χ1v) is 15.5. The normalized spacial score (nSPS) is 13.5. The Morgan fingerprint density at radius 1 is 0.562 bits per heavy atom. The number of phosphoric acid groups is 1. The monoisotopic (exact) mass is 477 g/mol. The standard InChI is InChI=1S/C26H56NO4P/c1-3-5-7-9-11-12-13-14-15-16-17-18-19-20-22-24-26-30-32(28,29)31-27-25-23-21-10-8-6-4-2/h27H,3-26H2,1-2H3,(H,28,29). The van der Waals surface area contributed by atoms with Gasteiger partial charge in [0.15, 0.2) is 0 Å². The lowest BCUT2D eigenvalue weighted by Gasteiger charge is -2.12. The minimum atomic E-state index is -3.96. The molecule has 0 aliphatic carbocycles. The Morgan fingerprint density at radius 2 is 0.906 bits per heavy atom. The molecule has 0 aliphatic heterocycles. The predicted octanol–water partition coefficient (Wildman–Crippen LogP) is 9.25. The first kappa shape index (κ1) is 32.1. The second-order valence-corrected chi connectivity index (χ2v) is 10.7. The molecule has 0 fully saturated rings. The zero-order valence-corrected chi connectivity index (χ0v) is 22.5. The molecule has 0 radical (unpaired) electrons. The predicted molar refractivity (Wildman–Crippen MR) is 138 cm³/mol. The van der Waals surface area contributed by atoms with E-state index >= 15 is 0 Å². The van der Waals surface area contributed by atoms with Crippen LogP contribution in [0.2, 0.25) is 0 Å². The Hall–Kier alpha value is 0.0700. The Balaban J connectivity index is 3.25. The maximum absolute atomic E-state index is 11.8. The molecule has 194 valence electrons. The van der Waals surface area contributed by atoms with Gasteiger partial charge in [-0.25, -0.2) is 4.57 Å². The average molecular weight is 478 g/mol. The molecule has 1 unspecified atom stereocenters. The Morgan fingerprint density at radius 3 is 1.31 bits per heavy atom. The fourth-order valence-corrected chi connectivity index (χ4v) is 4.63. The summed E-state index contributed by atoms with van der Waals surface area (Å²) in [5, 5.41) is 0. The topological polar surface area (TPSA) is 67.8 Å². The van der Waals surface area contributed by atoms with Crippen molar-refractivity contribution < 1.29 is 18.6 Å². The third-order valence-corrected chi connectivity index (χ3v) is 6.93. The molecular formula is C26H56NO4P. The van der Waals surface area contributed by atoms with E-state index in [0.29, 0.717) is 6.54 Å². The van der Waals surface area contributed by atoms with E-state index in [2.05, 4.69) is 19.3 Å². The van der Waals surface area contributed by atoms with Crippen molar-refractivity contribution in [2.24, 2.45) is 0 Å². The minimum Gasteiger partial charge on any atom is -0.301 e. The maximum atomic E-state index is 11.8. The number of hydrogen-bond donors (Lipinski definition) is 2. The zero-order chi connectivity index (χ0) is 23.6. The SMILES string of the molecule is CCCCCCCCCCCCCCCCCCOP(=O)(O)ONCCCCCCCC. The van der Waals surface area contributed by atoms with E-state index in [4.69, 9.17) is 9.15 Å². The van der Waals surface area contributed by atoms with E-state index in [0.717, 1.165) is 25.7 Å². The molecule has 1 atom stereocenters. The van der Waals surface area contributed by atoms with Crippen molar-refractivity contribution in [2.75, 3.05) is 13.2 Å². The first-order chi connectivity index (χ1) is 15.6. The van der Waals surface area contributed by atoms with Crippen molar-refractivity contribution in [2.45, 2.75) is 155 Å². The number of rotatable bonds is 27. The smallest absolute Gasteiger partial charge is 0.301 e. The summed E-state index contributed by atoms with van der Waals surface area (Å²) in [4.78, 5) is 9.66. The van der Waals surface area contributed by atoms with Gasteiger partial charge in [0.1, 0.15) is 0 Å². The molecule has 0 spiro atoms. The fraction of sp³-hybridized carbons (Fsp3) is 1.00. The van der Waals surface area contributed by atoms with Crippen LogP contribution in [-0.2, 0) is 13.7 Å². The minimum absolute atomic E-state index is 0.283. The van der Waals surface area contributed by atoms with E-state index in [9.17, 15) is 9.46 Å². The second kappa shape index (κ2) is 25.7. The molecule has 0 rings (SSSR count). The summed E-state index contributed by atoms with van der Waals surface area (Å²) in [6.45, 7) is 5.34. The van der Waals surface area contributed by atoms with E-state index in [1.165, 1.54) is 116 Å². The van der Waals surface area contributed by atoms with Gasteiger partial charge in [-0.3, -0.25) is 4.52 Å². The van der Waals surface area contributed by atoms with Crippen molar-refractivity contribution in [3.05, 3.63) is 0 Å². The summed E-state index contributed by atoms with van der Waals surface area (Å²) in [6, 6.07) is 0. The second-order valence-electron chi connectivity index (χ2n) is 9.36. The van der Waals surface area contributed by atoms with Crippen molar-refractivity contribution in [3.63, 3.8) is 0 Å². The zero-order valence-electron chi connectivity index (χ0n) is 21.6. The molecule has 0 saturated heterocycles. The van der Waals surface area contributed by atoms with Gasteiger partial charge in [-0.05, 0) is 12.8 Å². The van der Waals surface area contributed by atoms with Crippen LogP contribution in [0.15, 0.2) is 0 Å². The quantitative estimate of drug-likeness (QED) is 0.0701. The van der Waals surface area contributed by atoms with E-state index in [1.807, 2.05) is 0 Å². The summed E-state index contributed by atoms with van der Waals surface area (Å²) in [5.74, 6) is 0. The van der Waals surface area contributed by atoms with Gasteiger partial charge in [0.2, 0.25) is 0 Å². The number of hydrogen-bond acceptors (Lipinski definition) is 4. The number of unbranched alkanes of at least 4 members (excludes halogenated alkanes) is 20. The van der Waals surface area contributed by atoms with Gasteiger partial charge in [0, 0.05) is 6.54 Å². The lowest BCUT2D eigenvalue weighted by molar-refractivity contribution is 0.0947. The van der Waals surface area contributed by atoms with Gasteiger partial charge in [0.25, 0.3) is 0 Å². The average Bonchev–Trinajstić information content (AvgIpc) is 2.77. The van der Waals surface area contributed by atoms with Crippen LogP contribution in [0.3, 0.4) is 0 Å². The van der Waals surface area contributed by atoms with Crippen LogP contribution in [-0.4, -0.2) is 18.0 Å². The van der Waals surface area contributed by atoms with E-state index < -0.39 is 7.82 Å². The lowest BCUT2D eigenvalue weighted by Crippen LogP contribution is -2.15. The number of phosphoric ester groups is 1. The van der Waals surface area contributed by atoms with Crippen LogP contribution in [0, 0.1) is 0 Å². The molecule has 0 aromatic rings. The van der Waals surface area contributed by atoms with Gasteiger partial charge < -0.3 is 4.89 Å². The highest BCUT2D eigenvalue weighted by atomic mass is 31.2. The van der Waals surface area contributed by atoms with Crippen LogP contribution in [0.5, 0.6) is 0 Å². The van der Waals surface area contributed by atoms with Crippen LogP contribution >= 0.6 is 7.82 Å². The summed E-state index contributed by atoms with van der Waals surface area (Å²) >= 11 is 0. The molecule has 0 aliphatic rings. The molecule has 0 heterocycles. The third kappa shape index (κ3) is 26.3. The largest absolute Gasteiger partial charge is 0.488 e. The van der Waals surface area contributed by atoms with Crippen LogP contribution in [0.4, 0.5) is 0 Å². The molecule has 2 N–H and O–H groups in total. The van der Waals surface area contributed by atoms with E-state index in [1.54, 1.807) is 0 Å². The highest BCUT2D eigenvalue weighted by Crippen LogP contribution is 2.42. The van der Waals surface area contributed by atoms with Crippen molar-refractivity contribution in [3.8, 4) is 0 Å². The van der Waals surface area contributed by atoms with Crippen LogP contribution in [0.25, 0.3) is 0 Å². The van der Waals surface area contributed by atoms with Crippen LogP contribution in [0.1, 0.15) is 155 Å². The molecule has 5 nitrogen and oxygen atoms in total. The summed E-state index contributed by atoms with van der Waals surface area (Å²) in [6.07, 6.45) is 28.0. The van der Waals surface area contributed by atoms with Gasteiger partial charge in [-0.1, -0.05) is 142 Å². The van der Waals surface area contributed by atoms with Crippen LogP contribution < -0.4 is 5.48 Å². The Labute approximate surface area is 200 Å². The summed E-state index contributed by atoms with van der Waals surface area (Å²) in [7, 11) is -3.96. The highest BCUT2D eigenvalue weighted by Gasteiger charge is 2.20. The molecule has 6 heteroatoms. The van der Waals surface area contributed by atoms with Gasteiger partial charge in [-0.2, -0.15) is 10.1 Å². The summed E-state index contributed by atoms with van der Waals surface area (Å²) in [5.41, 5.74) is 2.59. The van der Waals surface area contributed by atoms with Gasteiger partial charge in [-0.15, -0.1) is 0 Å². The first-order valence-electron chi connectivity index (χ1n) is 14.0. The fourth-order valence-electron chi connectivity index (χ4n) is 3.96. The number of nitrogens with one attached hydrogen (secondary N) is 1. The van der Waals surface area contributed by atoms with E-state index in [-0.39, 0.29) is 6.61 Å². The molecular weight excluding hydrogens is 421 g/mol. The lowest BCUT2D eigenvalue weighted by atomic mass is 10.0. The molecule has 0 amide bonds. The molecule has 0 bridgehead atoms. The molecule has 0 aromatic heterocycles. The van der Waals surface area contributed by atoms with Gasteiger partial charge >= 0.3 is 7.82 Å². The molecule has 32 heavy (non-hydrogen) atoms. The van der Waals surface area contributed by atoms with Gasteiger partial charge in [0.05, 0.1) is 6.61 Å². The third-order valence-electron chi connectivity index (χ3n) is 6.06. The maximum Gasteiger partial charge on any atom is 0.488 e. The number of hydroxylamine groups is 1. The molecule has 0 aromatic carbocycles.